The van der Waals surface area contributed by atoms with E-state index in [4.69, 9.17) is 0 Å². The smallest absolute Gasteiger partial charge is 0.233 e. The largest absolute Gasteiger partial charge is 0.352 e. The summed E-state index contributed by atoms with van der Waals surface area (Å²) in [6.45, 7) is 5.80. The maximum Gasteiger partial charge on any atom is 0.233 e. The normalized spacial score (nSPS) is 21.0. The minimum atomic E-state index is -2.88. The Balaban J connectivity index is 1.96. The minimum absolute atomic E-state index is 0.0821. The first-order chi connectivity index (χ1) is 10.8. The molecule has 128 valence electrons. The zero-order valence-electron chi connectivity index (χ0n) is 13.4. The summed E-state index contributed by atoms with van der Waals surface area (Å²) in [6.07, 6.45) is 2.91. The molecule has 2 atom stereocenters. The van der Waals surface area contributed by atoms with Crippen LogP contribution in [-0.2, 0) is 28.1 Å². The second-order valence-electron chi connectivity index (χ2n) is 5.72. The van der Waals surface area contributed by atoms with Crippen LogP contribution in [0.4, 0.5) is 0 Å². The van der Waals surface area contributed by atoms with Gasteiger partial charge >= 0.3 is 0 Å². The van der Waals surface area contributed by atoms with E-state index >= 15 is 0 Å². The Hall–Kier alpha value is -1.35. The lowest BCUT2D eigenvalue weighted by atomic mass is 10.1. The number of hydrogen-bond acceptors (Lipinski definition) is 6. The van der Waals surface area contributed by atoms with Crippen LogP contribution in [0.1, 0.15) is 19.2 Å². The monoisotopic (exact) mass is 358 g/mol. The second kappa shape index (κ2) is 7.48. The van der Waals surface area contributed by atoms with E-state index < -0.39 is 9.84 Å². The van der Waals surface area contributed by atoms with E-state index in [9.17, 15) is 13.2 Å². The first-order valence-electron chi connectivity index (χ1n) is 7.46. The molecule has 9 heteroatoms. The van der Waals surface area contributed by atoms with Crippen LogP contribution in [-0.4, -0.2) is 52.4 Å². The standard InChI is InChI=1S/C14H22N4O3S2/c1-4-6-15-13(19)10(2)22-14-17-16-12(18(14)3)8-11-5-7-23(20,21)9-11/h4,10-11H,1,5-9H2,2-3H3,(H,15,19)/t10-,11-/m0/s1. The Morgan fingerprint density at radius 2 is 2.30 bits per heavy atom. The van der Waals surface area contributed by atoms with Crippen LogP contribution >= 0.6 is 11.8 Å². The number of nitrogens with one attached hydrogen (secondary N) is 1. The number of carbonyl (C=O) groups excluding carboxylic acids is 1. The average Bonchev–Trinajstić information content (AvgIpc) is 3.01. The Kier molecular flexibility index (Phi) is 5.85. The highest BCUT2D eigenvalue weighted by Gasteiger charge is 2.29. The molecule has 23 heavy (non-hydrogen) atoms. The van der Waals surface area contributed by atoms with E-state index in [-0.39, 0.29) is 28.6 Å². The topological polar surface area (TPSA) is 94.0 Å². The molecule has 0 radical (unpaired) electrons. The average molecular weight is 358 g/mol. The van der Waals surface area contributed by atoms with Gasteiger partial charge in [0.2, 0.25) is 5.91 Å². The van der Waals surface area contributed by atoms with E-state index in [1.54, 1.807) is 13.0 Å². The number of thioether (sulfide) groups is 1. The van der Waals surface area contributed by atoms with Crippen LogP contribution in [0.3, 0.4) is 0 Å². The number of rotatable bonds is 7. The fourth-order valence-electron chi connectivity index (χ4n) is 2.44. The molecule has 1 aliphatic rings. The van der Waals surface area contributed by atoms with E-state index in [0.717, 1.165) is 5.82 Å². The van der Waals surface area contributed by atoms with E-state index in [0.29, 0.717) is 24.5 Å². The van der Waals surface area contributed by atoms with Gasteiger partial charge in [-0.15, -0.1) is 16.8 Å². The van der Waals surface area contributed by atoms with Crippen molar-refractivity contribution in [2.24, 2.45) is 13.0 Å². The molecule has 1 saturated heterocycles. The van der Waals surface area contributed by atoms with E-state index in [1.807, 2.05) is 11.6 Å². The second-order valence-corrected chi connectivity index (χ2v) is 9.26. The van der Waals surface area contributed by atoms with Gasteiger partial charge in [0.05, 0.1) is 16.8 Å². The lowest BCUT2D eigenvalue weighted by Gasteiger charge is -2.11. The first-order valence-corrected chi connectivity index (χ1v) is 10.2. The molecule has 0 spiro atoms. The molecular formula is C14H22N4O3S2. The highest BCUT2D eigenvalue weighted by molar-refractivity contribution is 8.00. The molecule has 2 rings (SSSR count). The molecule has 0 unspecified atom stereocenters. The van der Waals surface area contributed by atoms with E-state index in [2.05, 4.69) is 22.1 Å². The SMILES string of the molecule is C=CCNC(=O)[C@H](C)Sc1nnc(C[C@@H]2CCS(=O)(=O)C2)n1C. The van der Waals surface area contributed by atoms with Crippen molar-refractivity contribution in [2.45, 2.75) is 30.2 Å². The van der Waals surface area contributed by atoms with Crippen LogP contribution in [0, 0.1) is 5.92 Å². The zero-order valence-corrected chi connectivity index (χ0v) is 15.0. The number of sulfone groups is 1. The Labute approximate surface area is 140 Å². The molecule has 1 aromatic heterocycles. The van der Waals surface area contributed by atoms with Crippen molar-refractivity contribution in [3.8, 4) is 0 Å². The molecule has 7 nitrogen and oxygen atoms in total. The molecule has 0 aromatic carbocycles. The van der Waals surface area contributed by atoms with Crippen molar-refractivity contribution in [2.75, 3.05) is 18.1 Å². The fourth-order valence-corrected chi connectivity index (χ4v) is 5.16. The molecule has 1 aliphatic heterocycles. The molecule has 0 aliphatic carbocycles. The van der Waals surface area contributed by atoms with Gasteiger partial charge in [-0.3, -0.25) is 4.79 Å². The number of nitrogens with zero attached hydrogens (tertiary/aromatic N) is 3. The number of hydrogen-bond donors (Lipinski definition) is 1. The molecule has 0 saturated carbocycles. The predicted molar refractivity (Wildman–Crippen MR) is 90.0 cm³/mol. The molecule has 1 amide bonds. The van der Waals surface area contributed by atoms with Crippen LogP contribution in [0.25, 0.3) is 0 Å². The van der Waals surface area contributed by atoms with Crippen LogP contribution in [0.15, 0.2) is 17.8 Å². The van der Waals surface area contributed by atoms with Crippen LogP contribution in [0.2, 0.25) is 0 Å². The maximum atomic E-state index is 11.9. The van der Waals surface area contributed by atoms with Crippen molar-refractivity contribution < 1.29 is 13.2 Å². The molecule has 0 bridgehead atoms. The lowest BCUT2D eigenvalue weighted by Crippen LogP contribution is -2.31. The molecule has 1 aromatic rings. The van der Waals surface area contributed by atoms with Gasteiger partial charge in [0.25, 0.3) is 0 Å². The Morgan fingerprint density at radius 1 is 1.57 bits per heavy atom. The van der Waals surface area contributed by atoms with Crippen molar-refractivity contribution in [1.29, 1.82) is 0 Å². The van der Waals surface area contributed by atoms with Gasteiger partial charge in [0.15, 0.2) is 15.0 Å². The zero-order chi connectivity index (χ0) is 17.0. The Bertz CT molecular complexity index is 684. The van der Waals surface area contributed by atoms with Gasteiger partial charge in [-0.2, -0.15) is 0 Å². The van der Waals surface area contributed by atoms with Gasteiger partial charge < -0.3 is 9.88 Å². The molecular weight excluding hydrogens is 336 g/mol. The minimum Gasteiger partial charge on any atom is -0.352 e. The fraction of sp³-hybridized carbons (Fsp3) is 0.643. The van der Waals surface area contributed by atoms with Crippen molar-refractivity contribution in [1.82, 2.24) is 20.1 Å². The summed E-state index contributed by atoms with van der Waals surface area (Å²) >= 11 is 1.33. The summed E-state index contributed by atoms with van der Waals surface area (Å²) in [6, 6.07) is 0. The van der Waals surface area contributed by atoms with Gasteiger partial charge in [0, 0.05) is 20.0 Å². The summed E-state index contributed by atoms with van der Waals surface area (Å²) < 4.78 is 24.9. The molecule has 1 N–H and O–H groups in total. The summed E-state index contributed by atoms with van der Waals surface area (Å²) in [5.74, 6) is 1.27. The lowest BCUT2D eigenvalue weighted by molar-refractivity contribution is -0.120. The quantitative estimate of drug-likeness (QED) is 0.566. The number of carbonyl (C=O) groups is 1. The van der Waals surface area contributed by atoms with Crippen molar-refractivity contribution in [3.63, 3.8) is 0 Å². The first kappa shape index (κ1) is 18.0. The highest BCUT2D eigenvalue weighted by Crippen LogP contribution is 2.25. The predicted octanol–water partition coefficient (Wildman–Crippen LogP) is 0.575. The summed E-state index contributed by atoms with van der Waals surface area (Å²) in [4.78, 5) is 11.9. The van der Waals surface area contributed by atoms with Gasteiger partial charge in [-0.25, -0.2) is 8.42 Å². The van der Waals surface area contributed by atoms with Gasteiger partial charge in [-0.05, 0) is 19.3 Å². The molecule has 2 heterocycles. The van der Waals surface area contributed by atoms with Crippen molar-refractivity contribution >= 4 is 27.5 Å². The van der Waals surface area contributed by atoms with Gasteiger partial charge in [-0.1, -0.05) is 17.8 Å². The third-order valence-electron chi connectivity index (χ3n) is 3.80. The molecule has 1 fully saturated rings. The highest BCUT2D eigenvalue weighted by atomic mass is 32.2. The van der Waals surface area contributed by atoms with E-state index in [1.165, 1.54) is 11.8 Å². The maximum absolute atomic E-state index is 11.9. The van der Waals surface area contributed by atoms with Crippen LogP contribution < -0.4 is 5.32 Å². The third-order valence-corrected chi connectivity index (χ3v) is 6.77. The third kappa shape index (κ3) is 4.81. The van der Waals surface area contributed by atoms with Crippen molar-refractivity contribution in [3.05, 3.63) is 18.5 Å². The number of aromatic nitrogens is 3. The Morgan fingerprint density at radius 3 is 2.91 bits per heavy atom. The summed E-state index contributed by atoms with van der Waals surface area (Å²) in [5, 5.41) is 11.4. The van der Waals surface area contributed by atoms with Crippen LogP contribution in [0.5, 0.6) is 0 Å². The van der Waals surface area contributed by atoms with Gasteiger partial charge in [0.1, 0.15) is 5.82 Å². The number of amides is 1. The summed E-state index contributed by atoms with van der Waals surface area (Å²) in [7, 11) is -1.04. The summed E-state index contributed by atoms with van der Waals surface area (Å²) in [5.41, 5.74) is 0.